The molecule has 2 aliphatic heterocycles. The molecule has 0 radical (unpaired) electrons. The number of rotatable bonds is 0. The molecular weight excluding hydrogens is 204 g/mol. The summed E-state index contributed by atoms with van der Waals surface area (Å²) in [6.45, 7) is 8.93. The summed E-state index contributed by atoms with van der Waals surface area (Å²) in [5.74, 6) is 0.470. The predicted molar refractivity (Wildman–Crippen MR) is 62.5 cm³/mol. The molecule has 16 heavy (non-hydrogen) atoms. The van der Waals surface area contributed by atoms with Gasteiger partial charge in [-0.15, -0.1) is 0 Å². The Hall–Kier alpha value is -0.770. The van der Waals surface area contributed by atoms with E-state index in [1.54, 1.807) is 4.90 Å². The van der Waals surface area contributed by atoms with Gasteiger partial charge in [0.15, 0.2) is 0 Å². The molecule has 0 unspecified atom stereocenters. The van der Waals surface area contributed by atoms with E-state index in [2.05, 4.69) is 26.1 Å². The van der Waals surface area contributed by atoms with Crippen molar-refractivity contribution in [2.75, 3.05) is 19.6 Å². The van der Waals surface area contributed by atoms with Crippen LogP contribution >= 0.6 is 0 Å². The molecule has 0 bridgehead atoms. The molecule has 2 heterocycles. The Bertz CT molecular complexity index is 298. The number of carbonyl (C=O) groups is 1. The van der Waals surface area contributed by atoms with Crippen molar-refractivity contribution in [3.05, 3.63) is 0 Å². The quantitative estimate of drug-likeness (QED) is 0.662. The van der Waals surface area contributed by atoms with Crippen LogP contribution in [0, 0.1) is 11.3 Å². The number of piperidine rings is 1. The number of carboxylic acid groups (broad SMARTS) is 1. The molecule has 0 spiro atoms. The van der Waals surface area contributed by atoms with Crippen molar-refractivity contribution in [3.8, 4) is 0 Å². The Labute approximate surface area is 97.0 Å². The average molecular weight is 226 g/mol. The third-order valence-electron chi connectivity index (χ3n) is 4.41. The number of hydrogen-bond acceptors (Lipinski definition) is 2. The smallest absolute Gasteiger partial charge is 0.407 e. The molecule has 0 aromatic rings. The maximum absolute atomic E-state index is 11.4. The molecule has 2 aliphatic rings. The first kappa shape index (κ1) is 11.7. The minimum absolute atomic E-state index is 0.0139. The van der Waals surface area contributed by atoms with Crippen molar-refractivity contribution in [1.29, 1.82) is 0 Å². The van der Waals surface area contributed by atoms with Gasteiger partial charge in [-0.3, -0.25) is 0 Å². The Kier molecular flexibility index (Phi) is 2.65. The van der Waals surface area contributed by atoms with Gasteiger partial charge in [0.05, 0.1) is 5.54 Å². The highest BCUT2D eigenvalue weighted by atomic mass is 16.4. The fourth-order valence-electron chi connectivity index (χ4n) is 3.65. The predicted octanol–water partition coefficient (Wildman–Crippen LogP) is 1.76. The van der Waals surface area contributed by atoms with Crippen LogP contribution in [-0.4, -0.2) is 41.3 Å². The molecule has 0 aliphatic carbocycles. The molecule has 0 saturated carbocycles. The first-order valence-corrected chi connectivity index (χ1v) is 6.11. The van der Waals surface area contributed by atoms with Crippen LogP contribution in [-0.2, 0) is 0 Å². The SMILES string of the molecule is CC(C)(C)[C@]12CNC[C@@H]1CCCN2C(=O)O. The van der Waals surface area contributed by atoms with Crippen molar-refractivity contribution in [1.82, 2.24) is 10.2 Å². The highest BCUT2D eigenvalue weighted by molar-refractivity contribution is 5.67. The summed E-state index contributed by atoms with van der Waals surface area (Å²) in [4.78, 5) is 13.1. The molecule has 2 rings (SSSR count). The normalized spacial score (nSPS) is 34.9. The number of amides is 1. The zero-order chi connectivity index (χ0) is 12.0. The maximum Gasteiger partial charge on any atom is 0.407 e. The second-order valence-corrected chi connectivity index (χ2v) is 6.08. The summed E-state index contributed by atoms with van der Waals surface area (Å²) < 4.78 is 0. The minimum Gasteiger partial charge on any atom is -0.465 e. The van der Waals surface area contributed by atoms with Crippen LogP contribution in [0.1, 0.15) is 33.6 Å². The van der Waals surface area contributed by atoms with E-state index >= 15 is 0 Å². The molecule has 0 aromatic heterocycles. The molecule has 0 aromatic carbocycles. The maximum atomic E-state index is 11.4. The van der Waals surface area contributed by atoms with Crippen LogP contribution in [0.3, 0.4) is 0 Å². The standard InChI is InChI=1S/C12H22N2O2/c1-11(2,3)12-8-13-7-9(12)5-4-6-14(12)10(15)16/h9,13H,4-8H2,1-3H3,(H,15,16)/t9-,12-/m0/s1. The van der Waals surface area contributed by atoms with Gasteiger partial charge in [0.25, 0.3) is 0 Å². The summed E-state index contributed by atoms with van der Waals surface area (Å²) in [5.41, 5.74) is -0.225. The molecule has 92 valence electrons. The van der Waals surface area contributed by atoms with E-state index in [4.69, 9.17) is 0 Å². The Morgan fingerprint density at radius 3 is 2.75 bits per heavy atom. The van der Waals surface area contributed by atoms with Crippen molar-refractivity contribution in [2.24, 2.45) is 11.3 Å². The van der Waals surface area contributed by atoms with Gasteiger partial charge < -0.3 is 15.3 Å². The molecule has 1 amide bonds. The van der Waals surface area contributed by atoms with Crippen LogP contribution in [0.2, 0.25) is 0 Å². The molecule has 4 heteroatoms. The van der Waals surface area contributed by atoms with Crippen molar-refractivity contribution in [3.63, 3.8) is 0 Å². The zero-order valence-electron chi connectivity index (χ0n) is 10.4. The number of hydrogen-bond donors (Lipinski definition) is 2. The average Bonchev–Trinajstić information content (AvgIpc) is 2.59. The van der Waals surface area contributed by atoms with E-state index < -0.39 is 6.09 Å². The van der Waals surface area contributed by atoms with Crippen LogP contribution in [0.5, 0.6) is 0 Å². The summed E-state index contributed by atoms with van der Waals surface area (Å²) in [6, 6.07) is 0. The third kappa shape index (κ3) is 1.43. The highest BCUT2D eigenvalue weighted by Gasteiger charge is 2.57. The molecule has 2 atom stereocenters. The van der Waals surface area contributed by atoms with Gasteiger partial charge in [0.1, 0.15) is 0 Å². The summed E-state index contributed by atoms with van der Waals surface area (Å²) >= 11 is 0. The zero-order valence-corrected chi connectivity index (χ0v) is 10.4. The Balaban J connectivity index is 2.42. The van der Waals surface area contributed by atoms with Gasteiger partial charge in [0.2, 0.25) is 0 Å². The van der Waals surface area contributed by atoms with Gasteiger partial charge in [-0.05, 0) is 24.2 Å². The van der Waals surface area contributed by atoms with Crippen LogP contribution in [0.15, 0.2) is 0 Å². The second kappa shape index (κ2) is 3.62. The highest BCUT2D eigenvalue weighted by Crippen LogP contribution is 2.47. The first-order valence-electron chi connectivity index (χ1n) is 6.11. The lowest BCUT2D eigenvalue weighted by Gasteiger charge is -2.54. The molecule has 2 fully saturated rings. The molecular formula is C12H22N2O2. The van der Waals surface area contributed by atoms with Crippen molar-refractivity contribution in [2.45, 2.75) is 39.2 Å². The largest absolute Gasteiger partial charge is 0.465 e. The first-order chi connectivity index (χ1) is 7.39. The molecule has 4 nitrogen and oxygen atoms in total. The number of likely N-dealkylation sites (tertiary alicyclic amines) is 1. The summed E-state index contributed by atoms with van der Waals surface area (Å²) in [6.07, 6.45) is 1.38. The summed E-state index contributed by atoms with van der Waals surface area (Å²) in [5, 5.41) is 12.8. The topological polar surface area (TPSA) is 52.6 Å². The van der Waals surface area contributed by atoms with E-state index in [0.29, 0.717) is 12.5 Å². The number of nitrogens with zero attached hydrogens (tertiary/aromatic N) is 1. The number of fused-ring (bicyclic) bond motifs is 1. The third-order valence-corrected chi connectivity index (χ3v) is 4.41. The lowest BCUT2D eigenvalue weighted by atomic mass is 9.64. The van der Waals surface area contributed by atoms with Crippen molar-refractivity contribution < 1.29 is 9.90 Å². The van der Waals surface area contributed by atoms with Crippen molar-refractivity contribution >= 4 is 6.09 Å². The van der Waals surface area contributed by atoms with E-state index in [9.17, 15) is 9.90 Å². The van der Waals surface area contributed by atoms with Gasteiger partial charge in [-0.1, -0.05) is 20.8 Å². The molecule has 2 N–H and O–H groups in total. The lowest BCUT2D eigenvalue weighted by molar-refractivity contribution is -0.0387. The Morgan fingerprint density at radius 2 is 2.19 bits per heavy atom. The monoisotopic (exact) mass is 226 g/mol. The van der Waals surface area contributed by atoms with Gasteiger partial charge in [-0.2, -0.15) is 0 Å². The van der Waals surface area contributed by atoms with Gasteiger partial charge in [0, 0.05) is 19.6 Å². The van der Waals surface area contributed by atoms with E-state index in [1.165, 1.54) is 0 Å². The van der Waals surface area contributed by atoms with E-state index in [0.717, 1.165) is 25.9 Å². The molecule has 2 saturated heterocycles. The fourth-order valence-corrected chi connectivity index (χ4v) is 3.65. The Morgan fingerprint density at radius 1 is 1.50 bits per heavy atom. The minimum atomic E-state index is -0.761. The lowest BCUT2D eigenvalue weighted by Crippen LogP contribution is -2.65. The number of nitrogens with one attached hydrogen (secondary N) is 1. The fraction of sp³-hybridized carbons (Fsp3) is 0.917. The van der Waals surface area contributed by atoms with Crippen LogP contribution < -0.4 is 5.32 Å². The summed E-state index contributed by atoms with van der Waals surface area (Å²) in [7, 11) is 0. The van der Waals surface area contributed by atoms with Crippen LogP contribution in [0.4, 0.5) is 4.79 Å². The van der Waals surface area contributed by atoms with Gasteiger partial charge in [-0.25, -0.2) is 4.79 Å². The van der Waals surface area contributed by atoms with Gasteiger partial charge >= 0.3 is 6.09 Å². The van der Waals surface area contributed by atoms with E-state index in [1.807, 2.05) is 0 Å². The van der Waals surface area contributed by atoms with E-state index in [-0.39, 0.29) is 11.0 Å². The van der Waals surface area contributed by atoms with Crippen LogP contribution in [0.25, 0.3) is 0 Å². The second-order valence-electron chi connectivity index (χ2n) is 6.08.